The van der Waals surface area contributed by atoms with Crippen molar-refractivity contribution in [3.63, 3.8) is 0 Å². The van der Waals surface area contributed by atoms with Crippen LogP contribution in [0.5, 0.6) is 0 Å². The van der Waals surface area contributed by atoms with Crippen molar-refractivity contribution in [3.05, 3.63) is 0 Å². The SMILES string of the molecule is CNCCC(CCCC1CCCCC1)CCS(=O)(=O)O. The number of nitrogens with one attached hydrogen (secondary N) is 1. The molecule has 5 heteroatoms. The smallest absolute Gasteiger partial charge is 0.264 e. The van der Waals surface area contributed by atoms with Gasteiger partial charge in [-0.1, -0.05) is 51.4 Å². The van der Waals surface area contributed by atoms with Crippen LogP contribution in [-0.4, -0.2) is 32.3 Å². The van der Waals surface area contributed by atoms with Crippen LogP contribution in [0.4, 0.5) is 0 Å². The standard InChI is InChI=1S/C15H31NO3S/c1-16-12-10-15(11-13-20(17,18)19)9-5-8-14-6-3-2-4-7-14/h14-16H,2-13H2,1H3,(H,17,18,19). The Morgan fingerprint density at radius 3 is 2.45 bits per heavy atom. The lowest BCUT2D eigenvalue weighted by Gasteiger charge is -2.22. The van der Waals surface area contributed by atoms with Gasteiger partial charge in [-0.2, -0.15) is 8.42 Å². The molecule has 20 heavy (non-hydrogen) atoms. The maximum absolute atomic E-state index is 10.9. The van der Waals surface area contributed by atoms with Crippen LogP contribution in [0.25, 0.3) is 0 Å². The summed E-state index contributed by atoms with van der Waals surface area (Å²) in [6, 6.07) is 0. The highest BCUT2D eigenvalue weighted by atomic mass is 32.2. The molecule has 0 spiro atoms. The molecule has 1 fully saturated rings. The molecule has 0 aliphatic heterocycles. The van der Waals surface area contributed by atoms with E-state index in [1.807, 2.05) is 7.05 Å². The predicted octanol–water partition coefficient (Wildman–Crippen LogP) is 3.24. The van der Waals surface area contributed by atoms with Gasteiger partial charge in [-0.05, 0) is 38.3 Å². The van der Waals surface area contributed by atoms with Crippen molar-refractivity contribution in [2.24, 2.45) is 11.8 Å². The van der Waals surface area contributed by atoms with E-state index in [4.69, 9.17) is 4.55 Å². The molecule has 1 atom stereocenters. The summed E-state index contributed by atoms with van der Waals surface area (Å²) in [5.41, 5.74) is 0. The minimum absolute atomic E-state index is 0.0925. The number of rotatable bonds is 10. The number of hydrogen-bond donors (Lipinski definition) is 2. The summed E-state index contributed by atoms with van der Waals surface area (Å²) >= 11 is 0. The molecule has 0 saturated heterocycles. The van der Waals surface area contributed by atoms with Gasteiger partial charge in [0, 0.05) is 0 Å². The van der Waals surface area contributed by atoms with Crippen LogP contribution in [0.2, 0.25) is 0 Å². The van der Waals surface area contributed by atoms with Crippen molar-refractivity contribution in [1.29, 1.82) is 0 Å². The second-order valence-electron chi connectivity index (χ2n) is 6.27. The van der Waals surface area contributed by atoms with E-state index >= 15 is 0 Å². The lowest BCUT2D eigenvalue weighted by atomic mass is 9.84. The van der Waals surface area contributed by atoms with Gasteiger partial charge in [0.05, 0.1) is 5.75 Å². The second kappa shape index (κ2) is 9.74. The molecule has 0 aromatic rings. The molecule has 0 aromatic heterocycles. The molecule has 1 saturated carbocycles. The molecular formula is C15H31NO3S. The topological polar surface area (TPSA) is 66.4 Å². The molecule has 1 aliphatic rings. The molecule has 0 aromatic carbocycles. The van der Waals surface area contributed by atoms with E-state index in [0.29, 0.717) is 12.3 Å². The van der Waals surface area contributed by atoms with Crippen LogP contribution in [0.3, 0.4) is 0 Å². The first-order valence-corrected chi connectivity index (χ1v) is 9.72. The fourth-order valence-electron chi connectivity index (χ4n) is 3.27. The van der Waals surface area contributed by atoms with Crippen LogP contribution < -0.4 is 5.32 Å². The Morgan fingerprint density at radius 2 is 1.85 bits per heavy atom. The molecule has 1 aliphatic carbocycles. The minimum Gasteiger partial charge on any atom is -0.320 e. The van der Waals surface area contributed by atoms with E-state index in [1.54, 1.807) is 0 Å². The maximum Gasteiger partial charge on any atom is 0.264 e. The van der Waals surface area contributed by atoms with Crippen molar-refractivity contribution in [2.45, 2.75) is 64.2 Å². The Hall–Kier alpha value is -0.130. The highest BCUT2D eigenvalue weighted by Crippen LogP contribution is 2.29. The van der Waals surface area contributed by atoms with Crippen molar-refractivity contribution < 1.29 is 13.0 Å². The van der Waals surface area contributed by atoms with Gasteiger partial charge in [0.25, 0.3) is 10.1 Å². The first-order valence-electron chi connectivity index (χ1n) is 8.11. The molecule has 0 amide bonds. The summed E-state index contributed by atoms with van der Waals surface area (Å²) in [5.74, 6) is 1.22. The Morgan fingerprint density at radius 1 is 1.15 bits per heavy atom. The summed E-state index contributed by atoms with van der Waals surface area (Å²) in [7, 11) is -1.89. The maximum atomic E-state index is 10.9. The molecule has 1 unspecified atom stereocenters. The normalized spacial score (nSPS) is 19.1. The van der Waals surface area contributed by atoms with E-state index in [1.165, 1.54) is 44.9 Å². The minimum atomic E-state index is -3.81. The Balaban J connectivity index is 2.24. The van der Waals surface area contributed by atoms with Crippen molar-refractivity contribution >= 4 is 10.1 Å². The lowest BCUT2D eigenvalue weighted by Crippen LogP contribution is -2.17. The Labute approximate surface area is 124 Å². The zero-order valence-corrected chi connectivity index (χ0v) is 13.6. The highest BCUT2D eigenvalue weighted by molar-refractivity contribution is 7.85. The highest BCUT2D eigenvalue weighted by Gasteiger charge is 2.16. The predicted molar refractivity (Wildman–Crippen MR) is 83.5 cm³/mol. The fourth-order valence-corrected chi connectivity index (χ4v) is 3.90. The van der Waals surface area contributed by atoms with Gasteiger partial charge in [0.15, 0.2) is 0 Å². The van der Waals surface area contributed by atoms with E-state index in [0.717, 1.165) is 25.3 Å². The molecular weight excluding hydrogens is 274 g/mol. The third kappa shape index (κ3) is 8.93. The van der Waals surface area contributed by atoms with Crippen LogP contribution in [0.1, 0.15) is 64.2 Å². The summed E-state index contributed by atoms with van der Waals surface area (Å²) < 4.78 is 30.6. The van der Waals surface area contributed by atoms with Crippen LogP contribution >= 0.6 is 0 Å². The van der Waals surface area contributed by atoms with E-state index in [9.17, 15) is 8.42 Å². The average molecular weight is 305 g/mol. The molecule has 1 rings (SSSR count). The van der Waals surface area contributed by atoms with E-state index in [2.05, 4.69) is 5.32 Å². The fraction of sp³-hybridized carbons (Fsp3) is 1.00. The van der Waals surface area contributed by atoms with Crippen LogP contribution in [-0.2, 0) is 10.1 Å². The summed E-state index contributed by atoms with van der Waals surface area (Å²) in [6.45, 7) is 0.916. The molecule has 0 heterocycles. The third-order valence-corrected chi connectivity index (χ3v) is 5.29. The van der Waals surface area contributed by atoms with Crippen molar-refractivity contribution in [2.75, 3.05) is 19.3 Å². The quantitative estimate of drug-likeness (QED) is 0.608. The zero-order valence-electron chi connectivity index (χ0n) is 12.8. The van der Waals surface area contributed by atoms with Gasteiger partial charge in [-0.3, -0.25) is 4.55 Å². The zero-order chi connectivity index (χ0) is 14.8. The monoisotopic (exact) mass is 305 g/mol. The van der Waals surface area contributed by atoms with Crippen molar-refractivity contribution in [3.8, 4) is 0 Å². The largest absolute Gasteiger partial charge is 0.320 e. The van der Waals surface area contributed by atoms with Crippen LogP contribution in [0, 0.1) is 11.8 Å². The Kier molecular flexibility index (Phi) is 8.73. The van der Waals surface area contributed by atoms with Crippen molar-refractivity contribution in [1.82, 2.24) is 5.32 Å². The van der Waals surface area contributed by atoms with Gasteiger partial charge in [0.1, 0.15) is 0 Å². The average Bonchev–Trinajstić information content (AvgIpc) is 2.41. The van der Waals surface area contributed by atoms with Gasteiger partial charge >= 0.3 is 0 Å². The second-order valence-corrected chi connectivity index (χ2v) is 7.84. The lowest BCUT2D eigenvalue weighted by molar-refractivity contribution is 0.312. The van der Waals surface area contributed by atoms with E-state index < -0.39 is 10.1 Å². The van der Waals surface area contributed by atoms with Gasteiger partial charge in [0.2, 0.25) is 0 Å². The molecule has 4 nitrogen and oxygen atoms in total. The Bertz CT molecular complexity index is 337. The first kappa shape index (κ1) is 17.9. The number of hydrogen-bond acceptors (Lipinski definition) is 3. The summed E-state index contributed by atoms with van der Waals surface area (Å²) in [4.78, 5) is 0. The summed E-state index contributed by atoms with van der Waals surface area (Å²) in [6.07, 6.45) is 12.1. The van der Waals surface area contributed by atoms with Crippen LogP contribution in [0.15, 0.2) is 0 Å². The van der Waals surface area contributed by atoms with Gasteiger partial charge < -0.3 is 5.32 Å². The summed E-state index contributed by atoms with van der Waals surface area (Å²) in [5, 5.41) is 3.12. The molecule has 2 N–H and O–H groups in total. The van der Waals surface area contributed by atoms with Gasteiger partial charge in [-0.25, -0.2) is 0 Å². The van der Waals surface area contributed by atoms with Gasteiger partial charge in [-0.15, -0.1) is 0 Å². The molecule has 0 radical (unpaired) electrons. The molecule has 0 bridgehead atoms. The first-order chi connectivity index (χ1) is 9.51. The van der Waals surface area contributed by atoms with E-state index in [-0.39, 0.29) is 5.75 Å². The third-order valence-electron chi connectivity index (χ3n) is 4.54. The molecule has 120 valence electrons.